The summed E-state index contributed by atoms with van der Waals surface area (Å²) in [6, 6.07) is 13.2. The van der Waals surface area contributed by atoms with Gasteiger partial charge in [-0.25, -0.2) is 4.79 Å². The number of benzene rings is 2. The van der Waals surface area contributed by atoms with Gasteiger partial charge in [0, 0.05) is 30.8 Å². The summed E-state index contributed by atoms with van der Waals surface area (Å²) in [7, 11) is 1.63. The first-order valence-electron chi connectivity index (χ1n) is 9.56. The molecule has 6 nitrogen and oxygen atoms in total. The molecular weight excluding hydrogens is 354 g/mol. The zero-order valence-corrected chi connectivity index (χ0v) is 16.6. The Morgan fingerprint density at radius 3 is 2.61 bits per heavy atom. The quantitative estimate of drug-likeness (QED) is 0.802. The molecule has 2 aromatic rings. The van der Waals surface area contributed by atoms with Crippen LogP contribution in [-0.4, -0.2) is 25.6 Å². The molecule has 2 N–H and O–H groups in total. The van der Waals surface area contributed by atoms with E-state index in [4.69, 9.17) is 4.74 Å². The van der Waals surface area contributed by atoms with Crippen molar-refractivity contribution in [1.29, 1.82) is 0 Å². The highest BCUT2D eigenvalue weighted by Crippen LogP contribution is 2.26. The van der Waals surface area contributed by atoms with E-state index in [1.54, 1.807) is 12.0 Å². The highest BCUT2D eigenvalue weighted by atomic mass is 16.5. The molecule has 0 spiro atoms. The van der Waals surface area contributed by atoms with Crippen LogP contribution in [0.2, 0.25) is 0 Å². The predicted molar refractivity (Wildman–Crippen MR) is 110 cm³/mol. The molecule has 1 aliphatic rings. The number of carbonyl (C=O) groups excluding carboxylic acids is 2. The van der Waals surface area contributed by atoms with Crippen LogP contribution in [0.4, 0.5) is 10.5 Å². The number of amides is 3. The van der Waals surface area contributed by atoms with Gasteiger partial charge in [-0.1, -0.05) is 29.8 Å². The van der Waals surface area contributed by atoms with Crippen LogP contribution in [-0.2, 0) is 11.3 Å². The van der Waals surface area contributed by atoms with Crippen molar-refractivity contribution in [2.45, 2.75) is 39.3 Å². The van der Waals surface area contributed by atoms with Gasteiger partial charge in [0.2, 0.25) is 5.91 Å². The number of aryl methyl sites for hydroxylation is 1. The lowest BCUT2D eigenvalue weighted by Gasteiger charge is -2.19. The number of carbonyl (C=O) groups is 2. The zero-order valence-electron chi connectivity index (χ0n) is 16.6. The summed E-state index contributed by atoms with van der Waals surface area (Å²) in [6.45, 7) is 5.13. The summed E-state index contributed by atoms with van der Waals surface area (Å²) >= 11 is 0. The normalized spacial score (nSPS) is 14.7. The molecule has 2 aromatic carbocycles. The minimum Gasteiger partial charge on any atom is -0.496 e. The monoisotopic (exact) mass is 381 g/mol. The van der Waals surface area contributed by atoms with E-state index >= 15 is 0 Å². The van der Waals surface area contributed by atoms with Crippen LogP contribution >= 0.6 is 0 Å². The third-order valence-corrected chi connectivity index (χ3v) is 4.97. The Bertz CT molecular complexity index is 849. The van der Waals surface area contributed by atoms with Gasteiger partial charge in [0.1, 0.15) is 5.75 Å². The molecule has 3 rings (SSSR count). The molecule has 6 heteroatoms. The van der Waals surface area contributed by atoms with E-state index in [-0.39, 0.29) is 18.0 Å². The molecule has 0 aromatic heterocycles. The molecule has 1 atom stereocenters. The van der Waals surface area contributed by atoms with E-state index in [1.165, 1.54) is 0 Å². The molecule has 1 saturated heterocycles. The van der Waals surface area contributed by atoms with Crippen molar-refractivity contribution in [3.63, 3.8) is 0 Å². The summed E-state index contributed by atoms with van der Waals surface area (Å²) < 4.78 is 5.39. The fraction of sp³-hybridized carbons (Fsp3) is 0.364. The van der Waals surface area contributed by atoms with Crippen LogP contribution in [0.1, 0.15) is 42.5 Å². The van der Waals surface area contributed by atoms with Crippen LogP contribution < -0.4 is 20.3 Å². The number of nitrogens with one attached hydrogen (secondary N) is 2. The number of nitrogens with zero attached hydrogens (tertiary/aromatic N) is 1. The molecule has 0 unspecified atom stereocenters. The second-order valence-electron chi connectivity index (χ2n) is 7.11. The summed E-state index contributed by atoms with van der Waals surface area (Å²) in [5.41, 5.74) is 3.95. The number of rotatable bonds is 6. The van der Waals surface area contributed by atoms with Crippen LogP contribution in [0.15, 0.2) is 42.5 Å². The Labute approximate surface area is 165 Å². The van der Waals surface area contributed by atoms with Crippen molar-refractivity contribution in [1.82, 2.24) is 10.6 Å². The first kappa shape index (κ1) is 19.7. The number of methoxy groups -OCH3 is 1. The Morgan fingerprint density at radius 1 is 1.21 bits per heavy atom. The molecule has 1 aliphatic heterocycles. The molecule has 1 heterocycles. The molecule has 0 saturated carbocycles. The van der Waals surface area contributed by atoms with Crippen molar-refractivity contribution in [3.8, 4) is 5.75 Å². The molecule has 148 valence electrons. The third kappa shape index (κ3) is 4.63. The highest BCUT2D eigenvalue weighted by molar-refractivity contribution is 5.95. The molecule has 0 aliphatic carbocycles. The summed E-state index contributed by atoms with van der Waals surface area (Å²) in [5, 5.41) is 5.83. The second-order valence-corrected chi connectivity index (χ2v) is 7.11. The molecular formula is C22H27N3O3. The smallest absolute Gasteiger partial charge is 0.315 e. The van der Waals surface area contributed by atoms with Gasteiger partial charge in [-0.05, 0) is 44.0 Å². The number of anilines is 1. The van der Waals surface area contributed by atoms with E-state index in [1.807, 2.05) is 56.3 Å². The van der Waals surface area contributed by atoms with Gasteiger partial charge in [-0.3, -0.25) is 4.79 Å². The third-order valence-electron chi connectivity index (χ3n) is 4.97. The second kappa shape index (κ2) is 8.78. The Morgan fingerprint density at radius 2 is 1.96 bits per heavy atom. The maximum atomic E-state index is 12.3. The van der Waals surface area contributed by atoms with E-state index in [0.717, 1.165) is 41.1 Å². The number of ether oxygens (including phenoxy) is 1. The van der Waals surface area contributed by atoms with E-state index in [0.29, 0.717) is 13.0 Å². The van der Waals surface area contributed by atoms with E-state index in [9.17, 15) is 9.59 Å². The summed E-state index contributed by atoms with van der Waals surface area (Å²) in [6.07, 6.45) is 1.53. The van der Waals surface area contributed by atoms with Crippen LogP contribution in [0.25, 0.3) is 0 Å². The van der Waals surface area contributed by atoms with Gasteiger partial charge in [0.25, 0.3) is 0 Å². The molecule has 0 bridgehead atoms. The Hall–Kier alpha value is -3.02. The zero-order chi connectivity index (χ0) is 20.1. The average Bonchev–Trinajstić information content (AvgIpc) is 3.12. The topological polar surface area (TPSA) is 70.7 Å². The molecule has 28 heavy (non-hydrogen) atoms. The van der Waals surface area contributed by atoms with Crippen molar-refractivity contribution in [2.24, 2.45) is 0 Å². The van der Waals surface area contributed by atoms with Crippen molar-refractivity contribution >= 4 is 17.6 Å². The first-order chi connectivity index (χ1) is 13.5. The highest BCUT2D eigenvalue weighted by Gasteiger charge is 2.21. The molecule has 3 amide bonds. The van der Waals surface area contributed by atoms with Crippen molar-refractivity contribution in [3.05, 3.63) is 59.2 Å². The SMILES string of the molecule is COc1ccc(C)cc1[C@H](C)NC(=O)NCc1ccc(N2CCCC2=O)cc1. The fourth-order valence-corrected chi connectivity index (χ4v) is 3.41. The maximum absolute atomic E-state index is 12.3. The number of urea groups is 1. The first-order valence-corrected chi connectivity index (χ1v) is 9.56. The van der Waals surface area contributed by atoms with Gasteiger partial charge in [0.15, 0.2) is 0 Å². The Kier molecular flexibility index (Phi) is 6.19. The largest absolute Gasteiger partial charge is 0.496 e. The minimum atomic E-state index is -0.241. The van der Waals surface area contributed by atoms with Gasteiger partial charge in [-0.2, -0.15) is 0 Å². The van der Waals surface area contributed by atoms with Crippen LogP contribution in [0.3, 0.4) is 0 Å². The summed E-state index contributed by atoms with van der Waals surface area (Å²) in [4.78, 5) is 25.9. The van der Waals surface area contributed by atoms with Gasteiger partial charge < -0.3 is 20.3 Å². The molecule has 1 fully saturated rings. The lowest BCUT2D eigenvalue weighted by atomic mass is 10.0. The van der Waals surface area contributed by atoms with Gasteiger partial charge in [-0.15, -0.1) is 0 Å². The average molecular weight is 381 g/mol. The van der Waals surface area contributed by atoms with Crippen LogP contribution in [0, 0.1) is 6.92 Å². The fourth-order valence-electron chi connectivity index (χ4n) is 3.41. The predicted octanol–water partition coefficient (Wildman–Crippen LogP) is 3.69. The standard InChI is InChI=1S/C22H27N3O3/c1-15-6-11-20(28-3)19(13-15)16(2)24-22(27)23-14-17-7-9-18(10-8-17)25-12-4-5-21(25)26/h6-11,13,16H,4-5,12,14H2,1-3H3,(H2,23,24,27)/t16-/m0/s1. The Balaban J connectivity index is 1.54. The van der Waals surface area contributed by atoms with E-state index < -0.39 is 0 Å². The van der Waals surface area contributed by atoms with Gasteiger partial charge >= 0.3 is 6.03 Å². The lowest BCUT2D eigenvalue weighted by Crippen LogP contribution is -2.36. The van der Waals surface area contributed by atoms with E-state index in [2.05, 4.69) is 10.6 Å². The number of hydrogen-bond acceptors (Lipinski definition) is 3. The van der Waals surface area contributed by atoms with Crippen molar-refractivity contribution in [2.75, 3.05) is 18.6 Å². The van der Waals surface area contributed by atoms with Crippen molar-refractivity contribution < 1.29 is 14.3 Å². The summed E-state index contributed by atoms with van der Waals surface area (Å²) in [5.74, 6) is 0.927. The number of hydrogen-bond donors (Lipinski definition) is 2. The van der Waals surface area contributed by atoms with Gasteiger partial charge in [0.05, 0.1) is 13.2 Å². The minimum absolute atomic E-state index is 0.172. The lowest BCUT2D eigenvalue weighted by molar-refractivity contribution is -0.117. The maximum Gasteiger partial charge on any atom is 0.315 e. The molecule has 0 radical (unpaired) electrons. The van der Waals surface area contributed by atoms with Crippen LogP contribution in [0.5, 0.6) is 5.75 Å².